The number of nitrogens with one attached hydrogen (secondary N) is 2. The van der Waals surface area contributed by atoms with Gasteiger partial charge in [-0.1, -0.05) is 19.1 Å². The number of aryl methyl sites for hydroxylation is 1. The molecule has 130 valence electrons. The number of benzene rings is 1. The molecule has 0 aliphatic rings. The van der Waals surface area contributed by atoms with Gasteiger partial charge in [0.15, 0.2) is 5.96 Å². The normalized spacial score (nSPS) is 13.0. The number of guanidine groups is 1. The molecular weight excluding hydrogens is 288 g/mol. The summed E-state index contributed by atoms with van der Waals surface area (Å²) in [5.41, 5.74) is 1.20. The zero-order valence-electron chi connectivity index (χ0n) is 15.2. The van der Waals surface area contributed by atoms with Crippen LogP contribution >= 0.6 is 0 Å². The van der Waals surface area contributed by atoms with Crippen molar-refractivity contribution < 1.29 is 4.74 Å². The van der Waals surface area contributed by atoms with Crippen LogP contribution in [-0.4, -0.2) is 56.7 Å². The lowest BCUT2D eigenvalue weighted by molar-refractivity contribution is 0.230. The SMILES string of the molecule is CCNC(=NCC(C)Oc1cccc(C)c1)NCCN(C)CC. The average molecular weight is 320 g/mol. The summed E-state index contributed by atoms with van der Waals surface area (Å²) in [6.45, 7) is 12.7. The molecule has 0 saturated heterocycles. The Hall–Kier alpha value is -1.75. The van der Waals surface area contributed by atoms with Crippen LogP contribution in [0.15, 0.2) is 29.3 Å². The fraction of sp³-hybridized carbons (Fsp3) is 0.611. The smallest absolute Gasteiger partial charge is 0.191 e. The summed E-state index contributed by atoms with van der Waals surface area (Å²) in [5.74, 6) is 1.74. The van der Waals surface area contributed by atoms with Gasteiger partial charge in [0.2, 0.25) is 0 Å². The van der Waals surface area contributed by atoms with Gasteiger partial charge in [-0.15, -0.1) is 0 Å². The van der Waals surface area contributed by atoms with E-state index in [9.17, 15) is 0 Å². The van der Waals surface area contributed by atoms with Crippen LogP contribution in [0.25, 0.3) is 0 Å². The number of aliphatic imine (C=N–C) groups is 1. The number of rotatable bonds is 9. The Morgan fingerprint density at radius 3 is 2.74 bits per heavy atom. The molecular formula is C18H32N4O. The van der Waals surface area contributed by atoms with Gasteiger partial charge in [-0.2, -0.15) is 0 Å². The van der Waals surface area contributed by atoms with Crippen molar-refractivity contribution in [1.82, 2.24) is 15.5 Å². The van der Waals surface area contributed by atoms with Crippen molar-refractivity contribution in [2.75, 3.05) is 39.8 Å². The molecule has 1 aromatic rings. The summed E-state index contributed by atoms with van der Waals surface area (Å²) < 4.78 is 5.91. The van der Waals surface area contributed by atoms with Crippen LogP contribution in [0.5, 0.6) is 5.75 Å². The van der Waals surface area contributed by atoms with Gasteiger partial charge in [-0.25, -0.2) is 4.99 Å². The molecule has 0 radical (unpaired) electrons. The van der Waals surface area contributed by atoms with Crippen molar-refractivity contribution in [3.8, 4) is 5.75 Å². The summed E-state index contributed by atoms with van der Waals surface area (Å²) in [4.78, 5) is 6.87. The molecule has 0 saturated carbocycles. The Bertz CT molecular complexity index is 476. The highest BCUT2D eigenvalue weighted by Gasteiger charge is 2.05. The molecule has 0 spiro atoms. The Kier molecular flexibility index (Phi) is 9.14. The third kappa shape index (κ3) is 8.45. The van der Waals surface area contributed by atoms with E-state index in [0.717, 1.165) is 37.9 Å². The lowest BCUT2D eigenvalue weighted by Gasteiger charge is -2.17. The monoisotopic (exact) mass is 320 g/mol. The second kappa shape index (κ2) is 10.9. The predicted molar refractivity (Wildman–Crippen MR) is 98.4 cm³/mol. The maximum atomic E-state index is 5.91. The first-order chi connectivity index (χ1) is 11.0. The van der Waals surface area contributed by atoms with Gasteiger partial charge < -0.3 is 20.3 Å². The quantitative estimate of drug-likeness (QED) is 0.541. The standard InChI is InChI=1S/C18H32N4O/c1-6-19-18(20-11-12-22(5)7-2)21-14-16(4)23-17-10-8-9-15(3)13-17/h8-10,13,16H,6-7,11-12,14H2,1-5H3,(H2,19,20,21). The minimum Gasteiger partial charge on any atom is -0.489 e. The van der Waals surface area contributed by atoms with E-state index in [2.05, 4.69) is 54.4 Å². The third-order valence-electron chi connectivity index (χ3n) is 3.50. The van der Waals surface area contributed by atoms with Gasteiger partial charge >= 0.3 is 0 Å². The topological polar surface area (TPSA) is 48.9 Å². The van der Waals surface area contributed by atoms with Crippen LogP contribution in [-0.2, 0) is 0 Å². The van der Waals surface area contributed by atoms with Gasteiger partial charge in [-0.05, 0) is 52.1 Å². The van der Waals surface area contributed by atoms with Crippen molar-refractivity contribution in [3.05, 3.63) is 29.8 Å². The van der Waals surface area contributed by atoms with Crippen molar-refractivity contribution in [3.63, 3.8) is 0 Å². The van der Waals surface area contributed by atoms with Crippen LogP contribution in [0.2, 0.25) is 0 Å². The third-order valence-corrected chi connectivity index (χ3v) is 3.50. The van der Waals surface area contributed by atoms with Gasteiger partial charge in [0.25, 0.3) is 0 Å². The second-order valence-electron chi connectivity index (χ2n) is 5.79. The highest BCUT2D eigenvalue weighted by Crippen LogP contribution is 2.14. The lowest BCUT2D eigenvalue weighted by Crippen LogP contribution is -2.41. The summed E-state index contributed by atoms with van der Waals surface area (Å²) in [6, 6.07) is 8.11. The first kappa shape index (κ1) is 19.3. The summed E-state index contributed by atoms with van der Waals surface area (Å²) in [5, 5.41) is 6.62. The van der Waals surface area contributed by atoms with E-state index < -0.39 is 0 Å². The van der Waals surface area contributed by atoms with E-state index >= 15 is 0 Å². The summed E-state index contributed by atoms with van der Waals surface area (Å²) >= 11 is 0. The van der Waals surface area contributed by atoms with E-state index in [-0.39, 0.29) is 6.10 Å². The molecule has 0 bridgehead atoms. The first-order valence-electron chi connectivity index (χ1n) is 8.49. The van der Waals surface area contributed by atoms with Crippen LogP contribution in [0.3, 0.4) is 0 Å². The predicted octanol–water partition coefficient (Wildman–Crippen LogP) is 2.27. The van der Waals surface area contributed by atoms with Crippen molar-refractivity contribution in [2.45, 2.75) is 33.8 Å². The molecule has 5 heteroatoms. The molecule has 5 nitrogen and oxygen atoms in total. The van der Waals surface area contributed by atoms with E-state index in [1.165, 1.54) is 5.56 Å². The van der Waals surface area contributed by atoms with Crippen LogP contribution in [0.4, 0.5) is 0 Å². The zero-order chi connectivity index (χ0) is 17.1. The molecule has 1 atom stereocenters. The Morgan fingerprint density at radius 2 is 2.09 bits per heavy atom. The molecule has 0 amide bonds. The molecule has 0 heterocycles. The lowest BCUT2D eigenvalue weighted by atomic mass is 10.2. The number of hydrogen-bond donors (Lipinski definition) is 2. The molecule has 0 aliphatic carbocycles. The number of nitrogens with zero attached hydrogens (tertiary/aromatic N) is 2. The molecule has 23 heavy (non-hydrogen) atoms. The minimum atomic E-state index is 0.0329. The fourth-order valence-electron chi connectivity index (χ4n) is 2.04. The number of likely N-dealkylation sites (N-methyl/N-ethyl adjacent to an activating group) is 1. The van der Waals surface area contributed by atoms with Gasteiger partial charge in [0.1, 0.15) is 11.9 Å². The molecule has 0 aromatic heterocycles. The van der Waals surface area contributed by atoms with Crippen molar-refractivity contribution >= 4 is 5.96 Å². The maximum Gasteiger partial charge on any atom is 0.191 e. The van der Waals surface area contributed by atoms with E-state index in [1.807, 2.05) is 25.1 Å². The van der Waals surface area contributed by atoms with Gasteiger partial charge in [0, 0.05) is 19.6 Å². The molecule has 1 aromatic carbocycles. The summed E-state index contributed by atoms with van der Waals surface area (Å²) in [6.07, 6.45) is 0.0329. The van der Waals surface area contributed by atoms with Crippen LogP contribution in [0.1, 0.15) is 26.3 Å². The Morgan fingerprint density at radius 1 is 1.30 bits per heavy atom. The molecule has 1 unspecified atom stereocenters. The number of ether oxygens (including phenoxy) is 1. The zero-order valence-corrected chi connectivity index (χ0v) is 15.2. The second-order valence-corrected chi connectivity index (χ2v) is 5.79. The highest BCUT2D eigenvalue weighted by molar-refractivity contribution is 5.79. The van der Waals surface area contributed by atoms with E-state index in [4.69, 9.17) is 4.74 Å². The molecule has 2 N–H and O–H groups in total. The van der Waals surface area contributed by atoms with Gasteiger partial charge in [0.05, 0.1) is 6.54 Å². The Labute approximate surface area is 141 Å². The van der Waals surface area contributed by atoms with Crippen LogP contribution < -0.4 is 15.4 Å². The Balaban J connectivity index is 2.45. The van der Waals surface area contributed by atoms with E-state index in [1.54, 1.807) is 0 Å². The molecule has 1 rings (SSSR count). The summed E-state index contributed by atoms with van der Waals surface area (Å²) in [7, 11) is 2.11. The minimum absolute atomic E-state index is 0.0329. The fourth-order valence-corrected chi connectivity index (χ4v) is 2.04. The van der Waals surface area contributed by atoms with Crippen LogP contribution in [0, 0.1) is 6.92 Å². The molecule has 0 fully saturated rings. The number of hydrogen-bond acceptors (Lipinski definition) is 3. The maximum absolute atomic E-state index is 5.91. The highest BCUT2D eigenvalue weighted by atomic mass is 16.5. The average Bonchev–Trinajstić information content (AvgIpc) is 2.52. The van der Waals surface area contributed by atoms with E-state index in [0.29, 0.717) is 6.54 Å². The first-order valence-corrected chi connectivity index (χ1v) is 8.49. The molecule has 0 aliphatic heterocycles. The van der Waals surface area contributed by atoms with Gasteiger partial charge in [-0.3, -0.25) is 0 Å². The largest absolute Gasteiger partial charge is 0.489 e. The van der Waals surface area contributed by atoms with Crippen molar-refractivity contribution in [1.29, 1.82) is 0 Å². The van der Waals surface area contributed by atoms with Crippen molar-refractivity contribution in [2.24, 2.45) is 4.99 Å².